The van der Waals surface area contributed by atoms with Crippen molar-refractivity contribution in [1.29, 1.82) is 0 Å². The number of carbonyl (C=O) groups excluding carboxylic acids is 2. The van der Waals surface area contributed by atoms with Crippen molar-refractivity contribution in [1.82, 2.24) is 19.9 Å². The van der Waals surface area contributed by atoms with E-state index in [-0.39, 0.29) is 25.2 Å². The Morgan fingerprint density at radius 1 is 1.06 bits per heavy atom. The molecule has 0 radical (unpaired) electrons. The minimum atomic E-state index is -0.697. The second-order valence-electron chi connectivity index (χ2n) is 8.67. The molecule has 0 spiro atoms. The lowest BCUT2D eigenvalue weighted by Crippen LogP contribution is -2.48. The van der Waals surface area contributed by atoms with Crippen LogP contribution < -0.4 is 14.8 Å². The maximum atomic E-state index is 13.7. The number of aromatic nitrogens is 3. The van der Waals surface area contributed by atoms with Crippen LogP contribution in [0.15, 0.2) is 66.7 Å². The minimum absolute atomic E-state index is 0.0276. The lowest BCUT2D eigenvalue weighted by Gasteiger charge is -2.31. The van der Waals surface area contributed by atoms with Gasteiger partial charge >= 0.3 is 0 Å². The number of fused-ring (bicyclic) bond motifs is 2. The highest BCUT2D eigenvalue weighted by Crippen LogP contribution is 2.34. The van der Waals surface area contributed by atoms with E-state index in [1.54, 1.807) is 27.8 Å². The molecule has 9 nitrogen and oxygen atoms in total. The second kappa shape index (κ2) is 10.1. The highest BCUT2D eigenvalue weighted by molar-refractivity contribution is 5.97. The fourth-order valence-corrected chi connectivity index (χ4v) is 4.34. The van der Waals surface area contributed by atoms with E-state index < -0.39 is 6.04 Å². The van der Waals surface area contributed by atoms with E-state index >= 15 is 0 Å². The van der Waals surface area contributed by atoms with Gasteiger partial charge in [0, 0.05) is 18.3 Å². The van der Waals surface area contributed by atoms with Gasteiger partial charge in [-0.15, -0.1) is 5.10 Å². The van der Waals surface area contributed by atoms with Gasteiger partial charge in [0.15, 0.2) is 11.5 Å². The zero-order valence-corrected chi connectivity index (χ0v) is 20.2. The molecule has 0 saturated heterocycles. The summed E-state index contributed by atoms with van der Waals surface area (Å²) in [7, 11) is 0. The van der Waals surface area contributed by atoms with Crippen LogP contribution >= 0.6 is 0 Å². The maximum absolute atomic E-state index is 13.7. The van der Waals surface area contributed by atoms with Gasteiger partial charge in [-0.05, 0) is 48.7 Å². The fourth-order valence-electron chi connectivity index (χ4n) is 4.34. The van der Waals surface area contributed by atoms with Gasteiger partial charge < -0.3 is 19.7 Å². The van der Waals surface area contributed by atoms with Crippen LogP contribution in [0.25, 0.3) is 11.0 Å². The van der Waals surface area contributed by atoms with Crippen molar-refractivity contribution >= 4 is 28.5 Å². The summed E-state index contributed by atoms with van der Waals surface area (Å²) in [6.45, 7) is 4.31. The van der Waals surface area contributed by atoms with Gasteiger partial charge in [0.05, 0.1) is 5.52 Å². The number of hydrogen-bond acceptors (Lipinski definition) is 6. The smallest absolute Gasteiger partial charge is 0.247 e. The molecule has 5 rings (SSSR count). The molecule has 3 aromatic carbocycles. The molecule has 0 saturated carbocycles. The van der Waals surface area contributed by atoms with Crippen LogP contribution in [0, 0.1) is 6.92 Å². The van der Waals surface area contributed by atoms with Crippen LogP contribution in [0.1, 0.15) is 24.5 Å². The summed E-state index contributed by atoms with van der Waals surface area (Å²) in [5.41, 5.74) is 4.08. The van der Waals surface area contributed by atoms with Crippen LogP contribution in [0.4, 0.5) is 5.69 Å². The van der Waals surface area contributed by atoms with Crippen molar-refractivity contribution in [2.45, 2.75) is 39.4 Å². The highest BCUT2D eigenvalue weighted by Gasteiger charge is 2.30. The number of carbonyl (C=O) groups is 2. The fraction of sp³-hybridized carbons (Fsp3) is 0.259. The summed E-state index contributed by atoms with van der Waals surface area (Å²) < 4.78 is 12.4. The Morgan fingerprint density at radius 2 is 1.83 bits per heavy atom. The van der Waals surface area contributed by atoms with Gasteiger partial charge in [-0.2, -0.15) is 0 Å². The van der Waals surface area contributed by atoms with Crippen molar-refractivity contribution in [3.8, 4) is 11.5 Å². The summed E-state index contributed by atoms with van der Waals surface area (Å²) in [5.74, 6) is 0.714. The Balaban J connectivity index is 1.42. The third-order valence-electron chi connectivity index (χ3n) is 6.33. The summed E-state index contributed by atoms with van der Waals surface area (Å²) >= 11 is 0. The molecule has 0 unspecified atom stereocenters. The first-order chi connectivity index (χ1) is 17.5. The van der Waals surface area contributed by atoms with Gasteiger partial charge in [-0.1, -0.05) is 48.5 Å². The monoisotopic (exact) mass is 485 g/mol. The molecule has 36 heavy (non-hydrogen) atoms. The number of para-hydroxylation sites is 1. The summed E-state index contributed by atoms with van der Waals surface area (Å²) in [4.78, 5) is 28.8. The molecule has 1 aromatic heterocycles. The first-order valence-electron chi connectivity index (χ1n) is 11.9. The standard InChI is InChI=1S/C27H27N5O4/c1-3-22(27(34)28-20-12-13-24-25(14-20)36-17-35-24)31(15-19-9-5-4-8-18(19)2)26(33)16-32-23-11-7-6-10-21(23)29-30-32/h4-14,22H,3,15-17H2,1-2H3,(H,28,34)/t22-/m1/s1. The van der Waals surface area contributed by atoms with Crippen molar-refractivity contribution in [3.63, 3.8) is 0 Å². The molecule has 0 aliphatic carbocycles. The Labute approximate surface area is 208 Å². The molecule has 4 aromatic rings. The molecule has 2 heterocycles. The van der Waals surface area contributed by atoms with Crippen molar-refractivity contribution in [3.05, 3.63) is 77.9 Å². The first kappa shape index (κ1) is 23.3. The number of anilines is 1. The summed E-state index contributed by atoms with van der Waals surface area (Å²) in [6.07, 6.45) is 0.437. The van der Waals surface area contributed by atoms with E-state index in [0.29, 0.717) is 35.7 Å². The predicted molar refractivity (Wildman–Crippen MR) is 135 cm³/mol. The SMILES string of the molecule is CC[C@H](C(=O)Nc1ccc2c(c1)OCO2)N(Cc1ccccc1C)C(=O)Cn1nnc2ccccc21. The number of ether oxygens (including phenoxy) is 2. The quantitative estimate of drug-likeness (QED) is 0.406. The largest absolute Gasteiger partial charge is 0.454 e. The maximum Gasteiger partial charge on any atom is 0.247 e. The third kappa shape index (κ3) is 4.72. The Kier molecular flexibility index (Phi) is 6.53. The molecule has 1 aliphatic heterocycles. The van der Waals surface area contributed by atoms with Crippen LogP contribution in [0.5, 0.6) is 11.5 Å². The van der Waals surface area contributed by atoms with Crippen LogP contribution in [0.3, 0.4) is 0 Å². The van der Waals surface area contributed by atoms with E-state index in [1.165, 1.54) is 0 Å². The zero-order chi connectivity index (χ0) is 25.1. The van der Waals surface area contributed by atoms with Gasteiger partial charge in [0.2, 0.25) is 18.6 Å². The third-order valence-corrected chi connectivity index (χ3v) is 6.33. The number of hydrogen-bond donors (Lipinski definition) is 1. The predicted octanol–water partition coefficient (Wildman–Crippen LogP) is 3.91. The average Bonchev–Trinajstić information content (AvgIpc) is 3.52. The van der Waals surface area contributed by atoms with Gasteiger partial charge in [-0.3, -0.25) is 9.59 Å². The molecule has 0 fully saturated rings. The van der Waals surface area contributed by atoms with Gasteiger partial charge in [0.25, 0.3) is 0 Å². The molecule has 9 heteroatoms. The second-order valence-corrected chi connectivity index (χ2v) is 8.67. The average molecular weight is 486 g/mol. The van der Waals surface area contributed by atoms with E-state index in [9.17, 15) is 9.59 Å². The lowest BCUT2D eigenvalue weighted by molar-refractivity contribution is -0.140. The van der Waals surface area contributed by atoms with E-state index in [0.717, 1.165) is 16.6 Å². The van der Waals surface area contributed by atoms with Crippen LogP contribution in [-0.4, -0.2) is 44.5 Å². The van der Waals surface area contributed by atoms with Crippen molar-refractivity contribution < 1.29 is 19.1 Å². The molecule has 1 aliphatic rings. The first-order valence-corrected chi connectivity index (χ1v) is 11.9. The molecule has 1 N–H and O–H groups in total. The van der Waals surface area contributed by atoms with Crippen LogP contribution in [-0.2, 0) is 22.7 Å². The molecule has 184 valence electrons. The zero-order valence-electron chi connectivity index (χ0n) is 20.2. The molecular weight excluding hydrogens is 458 g/mol. The van der Waals surface area contributed by atoms with Crippen molar-refractivity contribution in [2.75, 3.05) is 12.1 Å². The van der Waals surface area contributed by atoms with E-state index in [2.05, 4.69) is 15.6 Å². The van der Waals surface area contributed by atoms with E-state index in [1.807, 2.05) is 62.4 Å². The molecular formula is C27H27N5O4. The van der Waals surface area contributed by atoms with Crippen LogP contribution in [0.2, 0.25) is 0 Å². The summed E-state index contributed by atoms with van der Waals surface area (Å²) in [5, 5.41) is 11.3. The summed E-state index contributed by atoms with van der Waals surface area (Å²) in [6, 6.07) is 19.9. The Bertz CT molecular complexity index is 1420. The molecule has 2 amide bonds. The number of rotatable bonds is 8. The molecule has 1 atom stereocenters. The molecule has 0 bridgehead atoms. The normalized spacial score (nSPS) is 12.9. The van der Waals surface area contributed by atoms with Gasteiger partial charge in [-0.25, -0.2) is 4.68 Å². The number of nitrogens with zero attached hydrogens (tertiary/aromatic N) is 4. The topological polar surface area (TPSA) is 98.6 Å². The number of nitrogens with one attached hydrogen (secondary N) is 1. The highest BCUT2D eigenvalue weighted by atomic mass is 16.7. The van der Waals surface area contributed by atoms with Crippen molar-refractivity contribution in [2.24, 2.45) is 0 Å². The van der Waals surface area contributed by atoms with E-state index in [4.69, 9.17) is 9.47 Å². The minimum Gasteiger partial charge on any atom is -0.454 e. The number of benzene rings is 3. The Hall–Kier alpha value is -4.40. The number of aryl methyl sites for hydroxylation is 1. The number of amides is 2. The van der Waals surface area contributed by atoms with Gasteiger partial charge in [0.1, 0.15) is 18.1 Å². The Morgan fingerprint density at radius 3 is 2.67 bits per heavy atom. The lowest BCUT2D eigenvalue weighted by atomic mass is 10.1.